The molecule has 5 heteroatoms. The number of rotatable bonds is 6. The fraction of sp³-hybridized carbons (Fsp3) is 0.0392. The molecule has 0 saturated carbocycles. The molecular formula is C51H35N5. The Bertz CT molecular complexity index is 2930. The molecule has 264 valence electrons. The molecule has 56 heavy (non-hydrogen) atoms. The Morgan fingerprint density at radius 3 is 1.93 bits per heavy atom. The smallest absolute Gasteiger partial charge is 0.160 e. The number of hydrogen-bond acceptors (Lipinski definition) is 4. The van der Waals surface area contributed by atoms with E-state index in [0.29, 0.717) is 5.82 Å². The van der Waals surface area contributed by atoms with Crippen molar-refractivity contribution in [1.29, 1.82) is 0 Å². The van der Waals surface area contributed by atoms with E-state index in [2.05, 4.69) is 191 Å². The Labute approximate surface area is 325 Å². The van der Waals surface area contributed by atoms with Gasteiger partial charge in [-0.25, -0.2) is 15.0 Å². The van der Waals surface area contributed by atoms with E-state index in [-0.39, 0.29) is 12.0 Å². The topological polar surface area (TPSA) is 46.8 Å². The molecule has 6 aromatic carbocycles. The average Bonchev–Trinajstić information content (AvgIpc) is 3.80. The van der Waals surface area contributed by atoms with Crippen LogP contribution >= 0.6 is 0 Å². The van der Waals surface area contributed by atoms with Crippen LogP contribution in [0, 0.1) is 0 Å². The molecule has 0 N–H and O–H groups in total. The zero-order valence-electron chi connectivity index (χ0n) is 30.4. The molecular weight excluding hydrogens is 683 g/mol. The SMILES string of the molecule is C1=CC2C(C=C1c1cccc3c1c1ccccc1n3-c1ccccc1)c1cccnc1N2c1cccc(-c2nc(-c3ccccc3)cc(-c3ccccc3)n2)c1. The van der Waals surface area contributed by atoms with Crippen LogP contribution in [0.2, 0.25) is 0 Å². The summed E-state index contributed by atoms with van der Waals surface area (Å²) in [5, 5.41) is 2.52. The lowest BCUT2D eigenvalue weighted by molar-refractivity contribution is 0.746. The van der Waals surface area contributed by atoms with Crippen LogP contribution < -0.4 is 4.90 Å². The Morgan fingerprint density at radius 1 is 0.518 bits per heavy atom. The highest BCUT2D eigenvalue weighted by Gasteiger charge is 2.39. The van der Waals surface area contributed by atoms with Crippen LogP contribution in [-0.4, -0.2) is 25.6 Å². The maximum Gasteiger partial charge on any atom is 0.160 e. The van der Waals surface area contributed by atoms with Gasteiger partial charge in [0, 0.05) is 56.5 Å². The van der Waals surface area contributed by atoms with Gasteiger partial charge < -0.3 is 9.47 Å². The Hall–Kier alpha value is -7.37. The number of pyridine rings is 1. The predicted molar refractivity (Wildman–Crippen MR) is 229 cm³/mol. The largest absolute Gasteiger partial charge is 0.318 e. The fourth-order valence-corrected chi connectivity index (χ4v) is 8.68. The maximum atomic E-state index is 5.13. The highest BCUT2D eigenvalue weighted by atomic mass is 15.2. The molecule has 1 aliphatic heterocycles. The van der Waals surface area contributed by atoms with Crippen LogP contribution in [0.1, 0.15) is 17.0 Å². The van der Waals surface area contributed by atoms with E-state index in [0.717, 1.165) is 45.3 Å². The minimum absolute atomic E-state index is 0.0558. The van der Waals surface area contributed by atoms with Crippen molar-refractivity contribution in [2.75, 3.05) is 4.90 Å². The third-order valence-electron chi connectivity index (χ3n) is 11.2. The standard InChI is InChI=1S/C51H35N5/c1-4-15-34(16-5-1)44-33-45(35-17-6-2-7-18-35)54-50(53-44)37-19-12-22-39(31-37)56-47-29-28-36(32-43(47)41-25-14-30-52-51(41)56)40-24-13-27-48-49(40)42-23-10-11-26-46(42)55(48)38-20-8-3-9-21-38/h1-33,43,47H. The van der Waals surface area contributed by atoms with Crippen molar-refractivity contribution in [3.63, 3.8) is 0 Å². The van der Waals surface area contributed by atoms with Gasteiger partial charge in [-0.3, -0.25) is 0 Å². The summed E-state index contributed by atoms with van der Waals surface area (Å²) in [6, 6.07) is 61.8. The quantitative estimate of drug-likeness (QED) is 0.172. The maximum absolute atomic E-state index is 5.13. The zero-order chi connectivity index (χ0) is 37.0. The van der Waals surface area contributed by atoms with Crippen molar-refractivity contribution in [3.8, 4) is 39.6 Å². The molecule has 2 unspecified atom stereocenters. The van der Waals surface area contributed by atoms with E-state index in [1.54, 1.807) is 0 Å². The van der Waals surface area contributed by atoms with E-state index < -0.39 is 0 Å². The summed E-state index contributed by atoms with van der Waals surface area (Å²) in [5.74, 6) is 1.78. The molecule has 0 amide bonds. The van der Waals surface area contributed by atoms with Gasteiger partial charge in [-0.05, 0) is 59.7 Å². The third-order valence-corrected chi connectivity index (χ3v) is 11.2. The molecule has 2 atom stereocenters. The molecule has 4 heterocycles. The summed E-state index contributed by atoms with van der Waals surface area (Å²) in [6.45, 7) is 0. The van der Waals surface area contributed by atoms with Crippen LogP contribution in [0.3, 0.4) is 0 Å². The van der Waals surface area contributed by atoms with Crippen molar-refractivity contribution < 1.29 is 0 Å². The first-order valence-electron chi connectivity index (χ1n) is 19.1. The number of anilines is 2. The van der Waals surface area contributed by atoms with Gasteiger partial charge in [0.2, 0.25) is 0 Å². The second kappa shape index (κ2) is 13.2. The van der Waals surface area contributed by atoms with Gasteiger partial charge in [-0.15, -0.1) is 0 Å². The van der Waals surface area contributed by atoms with Crippen LogP contribution in [0.15, 0.2) is 200 Å². The van der Waals surface area contributed by atoms with Crippen molar-refractivity contribution in [1.82, 2.24) is 19.5 Å². The summed E-state index contributed by atoms with van der Waals surface area (Å²) in [7, 11) is 0. The van der Waals surface area contributed by atoms with Gasteiger partial charge in [-0.1, -0.05) is 146 Å². The predicted octanol–water partition coefficient (Wildman–Crippen LogP) is 12.2. The number of benzene rings is 6. The molecule has 0 spiro atoms. The fourth-order valence-electron chi connectivity index (χ4n) is 8.68. The minimum Gasteiger partial charge on any atom is -0.318 e. The lowest BCUT2D eigenvalue weighted by atomic mass is 9.85. The number of hydrogen-bond donors (Lipinski definition) is 0. The Kier molecular flexibility index (Phi) is 7.56. The van der Waals surface area contributed by atoms with E-state index >= 15 is 0 Å². The van der Waals surface area contributed by atoms with E-state index in [4.69, 9.17) is 15.0 Å². The first-order chi connectivity index (χ1) is 27.8. The molecule has 5 nitrogen and oxygen atoms in total. The molecule has 0 fully saturated rings. The summed E-state index contributed by atoms with van der Waals surface area (Å²) >= 11 is 0. The van der Waals surface area contributed by atoms with Gasteiger partial charge in [0.25, 0.3) is 0 Å². The van der Waals surface area contributed by atoms with Crippen molar-refractivity contribution in [2.45, 2.75) is 12.0 Å². The van der Waals surface area contributed by atoms with Crippen molar-refractivity contribution in [2.24, 2.45) is 0 Å². The summed E-state index contributed by atoms with van der Waals surface area (Å²) in [6.07, 6.45) is 9.03. The first kappa shape index (κ1) is 32.1. The van der Waals surface area contributed by atoms with Gasteiger partial charge in [-0.2, -0.15) is 0 Å². The monoisotopic (exact) mass is 717 g/mol. The van der Waals surface area contributed by atoms with Gasteiger partial charge in [0.05, 0.1) is 28.5 Å². The average molecular weight is 718 g/mol. The molecule has 0 bridgehead atoms. The number of allylic oxidation sites excluding steroid dienone is 2. The van der Waals surface area contributed by atoms with E-state index in [1.807, 2.05) is 18.3 Å². The second-order valence-corrected chi connectivity index (χ2v) is 14.4. The van der Waals surface area contributed by atoms with Crippen LogP contribution in [0.4, 0.5) is 11.5 Å². The Balaban J connectivity index is 1.01. The van der Waals surface area contributed by atoms with Crippen LogP contribution in [0.5, 0.6) is 0 Å². The lowest BCUT2D eigenvalue weighted by Gasteiger charge is -2.29. The number of aromatic nitrogens is 4. The molecule has 9 aromatic rings. The molecule has 11 rings (SSSR count). The minimum atomic E-state index is 0.0558. The summed E-state index contributed by atoms with van der Waals surface area (Å²) in [4.78, 5) is 17.7. The molecule has 0 radical (unpaired) electrons. The number of fused-ring (bicyclic) bond motifs is 6. The Morgan fingerprint density at radius 2 is 1.16 bits per heavy atom. The second-order valence-electron chi connectivity index (χ2n) is 14.4. The van der Waals surface area contributed by atoms with E-state index in [1.165, 1.54) is 38.5 Å². The number of nitrogens with zero attached hydrogens (tertiary/aromatic N) is 5. The molecule has 3 aromatic heterocycles. The lowest BCUT2D eigenvalue weighted by Crippen LogP contribution is -2.29. The van der Waals surface area contributed by atoms with Crippen molar-refractivity contribution in [3.05, 3.63) is 211 Å². The van der Waals surface area contributed by atoms with Crippen LogP contribution in [0.25, 0.3) is 67.0 Å². The summed E-state index contributed by atoms with van der Waals surface area (Å²) in [5.41, 5.74) is 13.1. The zero-order valence-corrected chi connectivity index (χ0v) is 30.4. The highest BCUT2D eigenvalue weighted by Crippen LogP contribution is 2.49. The van der Waals surface area contributed by atoms with E-state index in [9.17, 15) is 0 Å². The van der Waals surface area contributed by atoms with Gasteiger partial charge >= 0.3 is 0 Å². The molecule has 2 aliphatic rings. The summed E-state index contributed by atoms with van der Waals surface area (Å²) < 4.78 is 2.38. The number of para-hydroxylation sites is 2. The third kappa shape index (κ3) is 5.28. The van der Waals surface area contributed by atoms with Crippen molar-refractivity contribution >= 4 is 38.9 Å². The molecule has 0 saturated heterocycles. The normalized spacial score (nSPS) is 15.9. The van der Waals surface area contributed by atoms with Crippen LogP contribution in [-0.2, 0) is 0 Å². The molecule has 1 aliphatic carbocycles. The van der Waals surface area contributed by atoms with Gasteiger partial charge in [0.1, 0.15) is 5.82 Å². The van der Waals surface area contributed by atoms with Gasteiger partial charge in [0.15, 0.2) is 5.82 Å². The first-order valence-corrected chi connectivity index (χ1v) is 19.1. The highest BCUT2D eigenvalue weighted by molar-refractivity contribution is 6.14.